The predicted molar refractivity (Wildman–Crippen MR) is 149 cm³/mol. The van der Waals surface area contributed by atoms with Gasteiger partial charge in [-0.1, -0.05) is 155 Å². The van der Waals surface area contributed by atoms with Gasteiger partial charge in [-0.3, -0.25) is 4.79 Å². The molecule has 4 nitrogen and oxygen atoms in total. The van der Waals surface area contributed by atoms with Crippen molar-refractivity contribution in [1.82, 2.24) is 0 Å². The quantitative estimate of drug-likeness (QED) is 0.0864. The van der Waals surface area contributed by atoms with Crippen molar-refractivity contribution in [3.63, 3.8) is 0 Å². The molecule has 0 spiro atoms. The highest BCUT2D eigenvalue weighted by Gasteiger charge is 2.21. The van der Waals surface area contributed by atoms with Crippen LogP contribution in [0.3, 0.4) is 0 Å². The number of carboxylic acid groups (broad SMARTS) is 1. The lowest BCUT2D eigenvalue weighted by Gasteiger charge is -2.13. The summed E-state index contributed by atoms with van der Waals surface area (Å²) in [5.74, 6) is -1.35. The molecule has 0 radical (unpaired) electrons. The molecule has 4 heteroatoms. The third-order valence-electron chi connectivity index (χ3n) is 7.10. The van der Waals surface area contributed by atoms with E-state index in [2.05, 4.69) is 13.8 Å². The maximum Gasteiger partial charge on any atom is 0.345 e. The molecule has 0 aromatic carbocycles. The zero-order chi connectivity index (χ0) is 25.8. The Balaban J connectivity index is 3.56. The number of hydrogen-bond acceptors (Lipinski definition) is 3. The van der Waals surface area contributed by atoms with Crippen molar-refractivity contribution in [2.75, 3.05) is 0 Å². The minimum Gasteiger partial charge on any atom is -0.479 e. The topological polar surface area (TPSA) is 63.6 Å². The number of carbonyl (C=O) groups is 2. The van der Waals surface area contributed by atoms with Gasteiger partial charge in [0.15, 0.2) is 6.10 Å². The van der Waals surface area contributed by atoms with Gasteiger partial charge in [0.05, 0.1) is 0 Å². The van der Waals surface area contributed by atoms with Crippen molar-refractivity contribution in [3.8, 4) is 0 Å². The molecule has 35 heavy (non-hydrogen) atoms. The molecule has 0 fully saturated rings. The Morgan fingerprint density at radius 2 is 0.829 bits per heavy atom. The van der Waals surface area contributed by atoms with Gasteiger partial charge in [-0.05, 0) is 19.3 Å². The standard InChI is InChI=1S/C31H60O4/c1-3-5-7-9-11-13-15-16-18-20-22-24-26-28-30(32)35-29(31(33)34)27-25-23-21-19-17-14-12-10-8-6-4-2/h29H,3-28H2,1-2H3,(H,33,34). The molecule has 1 atom stereocenters. The minimum atomic E-state index is -1.00. The van der Waals surface area contributed by atoms with Crippen LogP contribution in [0, 0.1) is 0 Å². The molecule has 1 unspecified atom stereocenters. The molecule has 0 saturated heterocycles. The first kappa shape index (κ1) is 33.9. The second-order valence-electron chi connectivity index (χ2n) is 10.6. The van der Waals surface area contributed by atoms with E-state index in [1.165, 1.54) is 116 Å². The molecule has 0 rings (SSSR count). The highest BCUT2D eigenvalue weighted by molar-refractivity contribution is 5.77. The van der Waals surface area contributed by atoms with Crippen molar-refractivity contribution < 1.29 is 19.4 Å². The van der Waals surface area contributed by atoms with Crippen LogP contribution in [0.25, 0.3) is 0 Å². The molecule has 1 N–H and O–H groups in total. The number of unbranched alkanes of at least 4 members (excludes halogenated alkanes) is 22. The van der Waals surface area contributed by atoms with Crippen molar-refractivity contribution in [2.45, 2.75) is 187 Å². The molecule has 0 aromatic rings. The van der Waals surface area contributed by atoms with E-state index in [0.29, 0.717) is 12.8 Å². The van der Waals surface area contributed by atoms with Gasteiger partial charge >= 0.3 is 11.9 Å². The zero-order valence-corrected chi connectivity index (χ0v) is 23.6. The fourth-order valence-corrected chi connectivity index (χ4v) is 4.73. The summed E-state index contributed by atoms with van der Waals surface area (Å²) in [5.41, 5.74) is 0. The van der Waals surface area contributed by atoms with Crippen LogP contribution in [0.15, 0.2) is 0 Å². The average Bonchev–Trinajstić information content (AvgIpc) is 2.84. The lowest BCUT2D eigenvalue weighted by molar-refractivity contribution is -0.164. The number of ether oxygens (including phenoxy) is 1. The van der Waals surface area contributed by atoms with Crippen LogP contribution in [0.1, 0.15) is 181 Å². The van der Waals surface area contributed by atoms with Crippen LogP contribution in [0.4, 0.5) is 0 Å². The highest BCUT2D eigenvalue weighted by atomic mass is 16.6. The summed E-state index contributed by atoms with van der Waals surface area (Å²) in [6.45, 7) is 4.51. The second-order valence-corrected chi connectivity index (χ2v) is 10.6. The first-order valence-electron chi connectivity index (χ1n) is 15.5. The Kier molecular flexibility index (Phi) is 26.7. The van der Waals surface area contributed by atoms with Gasteiger partial charge in [-0.2, -0.15) is 0 Å². The second kappa shape index (κ2) is 27.5. The maximum absolute atomic E-state index is 12.1. The van der Waals surface area contributed by atoms with E-state index in [1.807, 2.05) is 0 Å². The molecular formula is C31H60O4. The van der Waals surface area contributed by atoms with E-state index in [1.54, 1.807) is 0 Å². The number of hydrogen-bond donors (Lipinski definition) is 1. The molecule has 0 aliphatic heterocycles. The molecule has 0 aromatic heterocycles. The van der Waals surface area contributed by atoms with Crippen molar-refractivity contribution in [1.29, 1.82) is 0 Å². The third-order valence-corrected chi connectivity index (χ3v) is 7.10. The summed E-state index contributed by atoms with van der Waals surface area (Å²) in [5, 5.41) is 9.39. The van der Waals surface area contributed by atoms with Gasteiger partial charge in [-0.25, -0.2) is 4.79 Å². The van der Waals surface area contributed by atoms with Crippen LogP contribution in [-0.4, -0.2) is 23.1 Å². The zero-order valence-electron chi connectivity index (χ0n) is 23.6. The highest BCUT2D eigenvalue weighted by Crippen LogP contribution is 2.16. The van der Waals surface area contributed by atoms with E-state index in [-0.39, 0.29) is 5.97 Å². The number of esters is 1. The van der Waals surface area contributed by atoms with Gasteiger partial charge in [-0.15, -0.1) is 0 Å². The van der Waals surface area contributed by atoms with Crippen molar-refractivity contribution in [2.24, 2.45) is 0 Å². The first-order chi connectivity index (χ1) is 17.1. The fourth-order valence-electron chi connectivity index (χ4n) is 4.73. The summed E-state index contributed by atoms with van der Waals surface area (Å²) >= 11 is 0. The Bertz CT molecular complexity index is 463. The third kappa shape index (κ3) is 25.8. The van der Waals surface area contributed by atoms with Gasteiger partial charge in [0.25, 0.3) is 0 Å². The molecule has 0 heterocycles. The first-order valence-corrected chi connectivity index (χ1v) is 15.5. The number of carbonyl (C=O) groups excluding carboxylic acids is 1. The SMILES string of the molecule is CCCCCCCCCCCCCCCC(=O)OC(CCCCCCCCCCCCC)C(=O)O. The van der Waals surface area contributed by atoms with E-state index in [4.69, 9.17) is 4.74 Å². The molecule has 0 aliphatic carbocycles. The van der Waals surface area contributed by atoms with E-state index >= 15 is 0 Å². The Morgan fingerprint density at radius 1 is 0.514 bits per heavy atom. The fraction of sp³-hybridized carbons (Fsp3) is 0.935. The molecule has 0 aliphatic rings. The van der Waals surface area contributed by atoms with Crippen LogP contribution < -0.4 is 0 Å². The molecule has 0 saturated carbocycles. The summed E-state index contributed by atoms with van der Waals surface area (Å²) in [6, 6.07) is 0. The van der Waals surface area contributed by atoms with Crippen LogP contribution in [0.5, 0.6) is 0 Å². The van der Waals surface area contributed by atoms with Gasteiger partial charge in [0, 0.05) is 6.42 Å². The lowest BCUT2D eigenvalue weighted by atomic mass is 10.0. The van der Waals surface area contributed by atoms with Gasteiger partial charge in [0.1, 0.15) is 0 Å². The average molecular weight is 497 g/mol. The summed E-state index contributed by atoms with van der Waals surface area (Å²) < 4.78 is 5.27. The van der Waals surface area contributed by atoms with E-state index in [0.717, 1.165) is 38.5 Å². The summed E-state index contributed by atoms with van der Waals surface area (Å²) in [4.78, 5) is 23.5. The van der Waals surface area contributed by atoms with Crippen LogP contribution in [-0.2, 0) is 14.3 Å². The summed E-state index contributed by atoms with van der Waals surface area (Å²) in [6.07, 6.45) is 29.8. The van der Waals surface area contributed by atoms with Gasteiger partial charge in [0.2, 0.25) is 0 Å². The van der Waals surface area contributed by atoms with Crippen LogP contribution >= 0.6 is 0 Å². The van der Waals surface area contributed by atoms with Crippen molar-refractivity contribution in [3.05, 3.63) is 0 Å². The smallest absolute Gasteiger partial charge is 0.345 e. The predicted octanol–water partition coefficient (Wildman–Crippen LogP) is 10.2. The monoisotopic (exact) mass is 496 g/mol. The maximum atomic E-state index is 12.1. The minimum absolute atomic E-state index is 0.344. The van der Waals surface area contributed by atoms with E-state index in [9.17, 15) is 14.7 Å². The Hall–Kier alpha value is -1.06. The molecule has 0 amide bonds. The molecule has 208 valence electrons. The number of carboxylic acids is 1. The molecule has 0 bridgehead atoms. The largest absolute Gasteiger partial charge is 0.479 e. The normalized spacial score (nSPS) is 12.1. The number of rotatable bonds is 28. The van der Waals surface area contributed by atoms with Crippen molar-refractivity contribution >= 4 is 11.9 Å². The summed E-state index contributed by atoms with van der Waals surface area (Å²) in [7, 11) is 0. The Labute approximate surface area is 218 Å². The lowest BCUT2D eigenvalue weighted by Crippen LogP contribution is -2.27. The Morgan fingerprint density at radius 3 is 1.17 bits per heavy atom. The van der Waals surface area contributed by atoms with E-state index < -0.39 is 12.1 Å². The number of aliphatic carboxylic acids is 1. The van der Waals surface area contributed by atoms with Gasteiger partial charge < -0.3 is 9.84 Å². The molecular weight excluding hydrogens is 436 g/mol. The van der Waals surface area contributed by atoms with Crippen LogP contribution in [0.2, 0.25) is 0 Å².